The number of aliphatic hydroxyl groups is 2. The summed E-state index contributed by atoms with van der Waals surface area (Å²) in [6.45, 7) is 3.54. The summed E-state index contributed by atoms with van der Waals surface area (Å²) < 4.78 is 0. The normalized spacial score (nSPS) is 32.4. The third kappa shape index (κ3) is 2.81. The van der Waals surface area contributed by atoms with Crippen LogP contribution in [0, 0.1) is 5.92 Å². The highest BCUT2D eigenvalue weighted by Crippen LogP contribution is 2.38. The summed E-state index contributed by atoms with van der Waals surface area (Å²) in [6, 6.07) is -0.124. The minimum absolute atomic E-state index is 0.124. The number of hydrogen-bond acceptors (Lipinski definition) is 4. The fraction of sp³-hybridized carbons (Fsp3) is 0.857. The molecule has 0 saturated heterocycles. The molecule has 0 aromatic rings. The summed E-state index contributed by atoms with van der Waals surface area (Å²) in [7, 11) is 0. The second kappa shape index (κ2) is 5.93. The molecule has 4 heteroatoms. The highest BCUT2D eigenvalue weighted by molar-refractivity contribution is 5.23. The summed E-state index contributed by atoms with van der Waals surface area (Å²) in [5.74, 6) is 0.271. The summed E-state index contributed by atoms with van der Waals surface area (Å²) in [4.78, 5) is 0. The van der Waals surface area contributed by atoms with Gasteiger partial charge in [0.15, 0.2) is 0 Å². The van der Waals surface area contributed by atoms with Gasteiger partial charge < -0.3 is 10.2 Å². The fourth-order valence-corrected chi connectivity index (χ4v) is 3.15. The molecule has 0 amide bonds. The maximum Gasteiger partial charge on any atom is 0.103 e. The molecule has 4 nitrogen and oxygen atoms in total. The molecular weight excluding hydrogens is 228 g/mol. The Bertz CT molecular complexity index is 348. The highest BCUT2D eigenvalue weighted by Gasteiger charge is 2.34. The molecule has 4 unspecified atom stereocenters. The second-order valence-electron chi connectivity index (χ2n) is 5.59. The molecule has 0 radical (unpaired) electrons. The first kappa shape index (κ1) is 13.7. The Balaban J connectivity index is 2.31. The Kier molecular flexibility index (Phi) is 4.51. The SMILES string of the molecule is CC(O)C1=C2CCCCCCC2C(C(C)O)N=N1. The van der Waals surface area contributed by atoms with Gasteiger partial charge in [-0.05, 0) is 38.7 Å². The zero-order valence-electron chi connectivity index (χ0n) is 11.3. The lowest BCUT2D eigenvalue weighted by Gasteiger charge is -2.34. The molecule has 1 heterocycles. The van der Waals surface area contributed by atoms with Crippen LogP contribution in [0.4, 0.5) is 0 Å². The number of nitrogens with zero attached hydrogens (tertiary/aromatic N) is 2. The summed E-state index contributed by atoms with van der Waals surface area (Å²) in [5.41, 5.74) is 1.99. The van der Waals surface area contributed by atoms with Gasteiger partial charge in [0.25, 0.3) is 0 Å². The molecule has 2 N–H and O–H groups in total. The van der Waals surface area contributed by atoms with E-state index in [9.17, 15) is 10.2 Å². The Morgan fingerprint density at radius 2 is 1.83 bits per heavy atom. The van der Waals surface area contributed by atoms with Gasteiger partial charge in [0.1, 0.15) is 6.04 Å². The van der Waals surface area contributed by atoms with Gasteiger partial charge in [-0.25, -0.2) is 0 Å². The van der Waals surface area contributed by atoms with Gasteiger partial charge >= 0.3 is 0 Å². The van der Waals surface area contributed by atoms with Crippen LogP contribution in [-0.2, 0) is 0 Å². The van der Waals surface area contributed by atoms with Crippen molar-refractivity contribution in [3.05, 3.63) is 11.3 Å². The predicted molar refractivity (Wildman–Crippen MR) is 70.2 cm³/mol. The van der Waals surface area contributed by atoms with E-state index in [0.717, 1.165) is 25.0 Å². The molecule has 1 fully saturated rings. The molecule has 0 aromatic heterocycles. The average Bonchev–Trinajstić information content (AvgIpc) is 2.27. The van der Waals surface area contributed by atoms with Gasteiger partial charge in [-0.2, -0.15) is 10.2 Å². The standard InChI is InChI=1S/C14H24N2O2/c1-9(17)13-11-7-5-3-4-6-8-12(11)14(10(2)18)16-15-13/h9-11,13,17-18H,3-8H2,1-2H3. The first-order valence-electron chi connectivity index (χ1n) is 7.11. The van der Waals surface area contributed by atoms with E-state index in [-0.39, 0.29) is 12.0 Å². The van der Waals surface area contributed by atoms with Gasteiger partial charge in [-0.3, -0.25) is 0 Å². The van der Waals surface area contributed by atoms with Crippen molar-refractivity contribution in [2.24, 2.45) is 16.1 Å². The van der Waals surface area contributed by atoms with Gasteiger partial charge in [0.2, 0.25) is 0 Å². The predicted octanol–water partition coefficient (Wildman–Crippen LogP) is 2.81. The van der Waals surface area contributed by atoms with Gasteiger partial charge in [0, 0.05) is 5.92 Å². The Morgan fingerprint density at radius 1 is 1.11 bits per heavy atom. The van der Waals surface area contributed by atoms with Crippen LogP contribution in [0.3, 0.4) is 0 Å². The number of aliphatic hydroxyl groups excluding tert-OH is 2. The zero-order valence-corrected chi connectivity index (χ0v) is 11.3. The van der Waals surface area contributed by atoms with Gasteiger partial charge in [-0.15, -0.1) is 0 Å². The Labute approximate surface area is 109 Å². The fourth-order valence-electron chi connectivity index (χ4n) is 3.15. The smallest absolute Gasteiger partial charge is 0.103 e. The van der Waals surface area contributed by atoms with Crippen LogP contribution >= 0.6 is 0 Å². The van der Waals surface area contributed by atoms with E-state index in [4.69, 9.17) is 0 Å². The molecule has 0 spiro atoms. The third-order valence-corrected chi connectivity index (χ3v) is 4.09. The molecule has 2 rings (SSSR count). The first-order valence-corrected chi connectivity index (χ1v) is 7.11. The van der Waals surface area contributed by atoms with Crippen molar-refractivity contribution in [2.75, 3.05) is 0 Å². The van der Waals surface area contributed by atoms with E-state index < -0.39 is 12.2 Å². The van der Waals surface area contributed by atoms with E-state index in [1.54, 1.807) is 13.8 Å². The molecule has 4 atom stereocenters. The van der Waals surface area contributed by atoms with E-state index in [0.29, 0.717) is 0 Å². The van der Waals surface area contributed by atoms with E-state index in [1.165, 1.54) is 24.8 Å². The minimum Gasteiger partial charge on any atom is -0.391 e. The summed E-state index contributed by atoms with van der Waals surface area (Å²) in [5, 5.41) is 28.1. The van der Waals surface area contributed by atoms with E-state index in [2.05, 4.69) is 10.2 Å². The molecule has 1 aliphatic carbocycles. The van der Waals surface area contributed by atoms with Gasteiger partial charge in [-0.1, -0.05) is 19.3 Å². The van der Waals surface area contributed by atoms with E-state index >= 15 is 0 Å². The molecule has 0 aromatic carbocycles. The molecular formula is C14H24N2O2. The number of fused-ring (bicyclic) bond motifs is 1. The number of rotatable bonds is 2. The summed E-state index contributed by atoms with van der Waals surface area (Å²) in [6.07, 6.45) is 5.87. The van der Waals surface area contributed by atoms with Crippen LogP contribution in [0.5, 0.6) is 0 Å². The van der Waals surface area contributed by atoms with Crippen LogP contribution in [0.25, 0.3) is 0 Å². The maximum atomic E-state index is 9.86. The highest BCUT2D eigenvalue weighted by atomic mass is 16.3. The van der Waals surface area contributed by atoms with Crippen molar-refractivity contribution in [1.82, 2.24) is 0 Å². The van der Waals surface area contributed by atoms with Crippen LogP contribution < -0.4 is 0 Å². The van der Waals surface area contributed by atoms with Crippen LogP contribution in [0.2, 0.25) is 0 Å². The first-order chi connectivity index (χ1) is 8.61. The maximum absolute atomic E-state index is 9.86. The molecule has 2 aliphatic rings. The van der Waals surface area contributed by atoms with Gasteiger partial charge in [0.05, 0.1) is 17.9 Å². The van der Waals surface area contributed by atoms with Crippen molar-refractivity contribution in [3.63, 3.8) is 0 Å². The quantitative estimate of drug-likeness (QED) is 0.793. The van der Waals surface area contributed by atoms with Crippen LogP contribution in [0.1, 0.15) is 52.4 Å². The zero-order chi connectivity index (χ0) is 13.1. The molecule has 0 bridgehead atoms. The number of hydrogen-bond donors (Lipinski definition) is 2. The Hall–Kier alpha value is -0.740. The van der Waals surface area contributed by atoms with Crippen molar-refractivity contribution in [3.8, 4) is 0 Å². The van der Waals surface area contributed by atoms with Crippen molar-refractivity contribution in [2.45, 2.75) is 70.6 Å². The molecule has 1 aliphatic heterocycles. The van der Waals surface area contributed by atoms with Crippen LogP contribution in [-0.4, -0.2) is 28.5 Å². The van der Waals surface area contributed by atoms with Crippen molar-refractivity contribution >= 4 is 0 Å². The Morgan fingerprint density at radius 3 is 2.50 bits per heavy atom. The summed E-state index contributed by atoms with van der Waals surface area (Å²) >= 11 is 0. The topological polar surface area (TPSA) is 65.2 Å². The number of azo groups is 1. The van der Waals surface area contributed by atoms with Crippen molar-refractivity contribution < 1.29 is 10.2 Å². The second-order valence-corrected chi connectivity index (χ2v) is 5.59. The largest absolute Gasteiger partial charge is 0.391 e. The monoisotopic (exact) mass is 252 g/mol. The molecule has 102 valence electrons. The minimum atomic E-state index is -0.555. The lowest BCUT2D eigenvalue weighted by atomic mass is 9.78. The lowest BCUT2D eigenvalue weighted by molar-refractivity contribution is 0.127. The molecule has 1 saturated carbocycles. The molecule has 18 heavy (non-hydrogen) atoms. The lowest BCUT2D eigenvalue weighted by Crippen LogP contribution is -2.34. The third-order valence-electron chi connectivity index (χ3n) is 4.09. The van der Waals surface area contributed by atoms with Crippen molar-refractivity contribution in [1.29, 1.82) is 0 Å². The average molecular weight is 252 g/mol. The van der Waals surface area contributed by atoms with Crippen LogP contribution in [0.15, 0.2) is 21.5 Å². The van der Waals surface area contributed by atoms with E-state index in [1.807, 2.05) is 0 Å².